The lowest BCUT2D eigenvalue weighted by Gasteiger charge is -2.17. The SMILES string of the molecule is CC(C)(O)CNC(=O)c1ccc(-n2ccnc2)nc1. The van der Waals surface area contributed by atoms with Crippen LogP contribution in [0.3, 0.4) is 0 Å². The predicted molar refractivity (Wildman–Crippen MR) is 70.0 cm³/mol. The standard InChI is InChI=1S/C13H16N4O2/c1-13(2,19)8-16-12(18)10-3-4-11(15-7-10)17-6-5-14-9-17/h3-7,9,19H,8H2,1-2H3,(H,16,18). The van der Waals surface area contributed by atoms with E-state index in [9.17, 15) is 9.90 Å². The van der Waals surface area contributed by atoms with E-state index in [2.05, 4.69) is 15.3 Å². The molecule has 0 aromatic carbocycles. The minimum atomic E-state index is -0.931. The van der Waals surface area contributed by atoms with E-state index in [1.807, 2.05) is 0 Å². The van der Waals surface area contributed by atoms with Gasteiger partial charge < -0.3 is 10.4 Å². The van der Waals surface area contributed by atoms with Crippen molar-refractivity contribution in [3.63, 3.8) is 0 Å². The molecule has 0 spiro atoms. The summed E-state index contributed by atoms with van der Waals surface area (Å²) in [5.41, 5.74) is -0.479. The van der Waals surface area contributed by atoms with Crippen LogP contribution in [-0.4, -0.2) is 37.7 Å². The Hall–Kier alpha value is -2.21. The fourth-order valence-corrected chi connectivity index (χ4v) is 1.47. The molecule has 0 aliphatic carbocycles. The van der Waals surface area contributed by atoms with Crippen molar-refractivity contribution in [2.24, 2.45) is 0 Å². The molecular formula is C13H16N4O2. The van der Waals surface area contributed by atoms with Gasteiger partial charge in [-0.15, -0.1) is 0 Å². The molecule has 0 saturated carbocycles. The van der Waals surface area contributed by atoms with Crippen LogP contribution in [0.1, 0.15) is 24.2 Å². The highest BCUT2D eigenvalue weighted by Gasteiger charge is 2.14. The summed E-state index contributed by atoms with van der Waals surface area (Å²) in [4.78, 5) is 19.9. The minimum absolute atomic E-state index is 0.190. The van der Waals surface area contributed by atoms with Crippen LogP contribution in [0, 0.1) is 0 Å². The second kappa shape index (κ2) is 5.19. The number of carbonyl (C=O) groups is 1. The van der Waals surface area contributed by atoms with Gasteiger partial charge in [0, 0.05) is 25.1 Å². The van der Waals surface area contributed by atoms with Crippen LogP contribution >= 0.6 is 0 Å². The van der Waals surface area contributed by atoms with Crippen LogP contribution in [0.4, 0.5) is 0 Å². The van der Waals surface area contributed by atoms with E-state index < -0.39 is 5.60 Å². The van der Waals surface area contributed by atoms with Gasteiger partial charge in [-0.3, -0.25) is 9.36 Å². The molecule has 0 saturated heterocycles. The Morgan fingerprint density at radius 2 is 2.26 bits per heavy atom. The molecule has 100 valence electrons. The van der Waals surface area contributed by atoms with E-state index in [-0.39, 0.29) is 12.5 Å². The number of amides is 1. The monoisotopic (exact) mass is 260 g/mol. The summed E-state index contributed by atoms with van der Waals surface area (Å²) in [6, 6.07) is 3.42. The Balaban J connectivity index is 2.04. The van der Waals surface area contributed by atoms with E-state index in [4.69, 9.17) is 0 Å². The van der Waals surface area contributed by atoms with Gasteiger partial charge in [-0.2, -0.15) is 0 Å². The molecule has 6 heteroatoms. The molecule has 0 aliphatic rings. The third-order valence-corrected chi connectivity index (χ3v) is 2.46. The Labute approximate surface area is 111 Å². The molecule has 0 radical (unpaired) electrons. The molecule has 0 aliphatic heterocycles. The third-order valence-electron chi connectivity index (χ3n) is 2.46. The van der Waals surface area contributed by atoms with E-state index in [0.717, 1.165) is 0 Å². The van der Waals surface area contributed by atoms with Gasteiger partial charge in [0.1, 0.15) is 12.1 Å². The third kappa shape index (κ3) is 3.62. The second-order valence-electron chi connectivity index (χ2n) is 4.87. The highest BCUT2D eigenvalue weighted by molar-refractivity contribution is 5.93. The molecule has 1 amide bonds. The zero-order chi connectivity index (χ0) is 13.9. The quantitative estimate of drug-likeness (QED) is 0.851. The van der Waals surface area contributed by atoms with Gasteiger partial charge in [0.25, 0.3) is 5.91 Å². The molecule has 2 N–H and O–H groups in total. The molecule has 2 aromatic rings. The van der Waals surface area contributed by atoms with Gasteiger partial charge in [-0.1, -0.05) is 0 Å². The molecule has 2 aromatic heterocycles. The molecule has 19 heavy (non-hydrogen) atoms. The van der Waals surface area contributed by atoms with Crippen LogP contribution < -0.4 is 5.32 Å². The van der Waals surface area contributed by atoms with Crippen LogP contribution in [0.5, 0.6) is 0 Å². The number of hydrogen-bond donors (Lipinski definition) is 2. The van der Waals surface area contributed by atoms with E-state index >= 15 is 0 Å². The Bertz CT molecular complexity index is 541. The zero-order valence-electron chi connectivity index (χ0n) is 10.9. The zero-order valence-corrected chi connectivity index (χ0v) is 10.9. The molecule has 0 bridgehead atoms. The number of rotatable bonds is 4. The molecule has 0 fully saturated rings. The maximum Gasteiger partial charge on any atom is 0.252 e. The number of imidazole rings is 1. The first-order valence-electron chi connectivity index (χ1n) is 5.91. The number of pyridine rings is 1. The van der Waals surface area contributed by atoms with Gasteiger partial charge >= 0.3 is 0 Å². The molecule has 6 nitrogen and oxygen atoms in total. The number of aliphatic hydroxyl groups is 1. The maximum atomic E-state index is 11.8. The predicted octanol–water partition coefficient (Wildman–Crippen LogP) is 0.768. The van der Waals surface area contributed by atoms with Gasteiger partial charge in [-0.25, -0.2) is 9.97 Å². The average Bonchev–Trinajstić information content (AvgIpc) is 2.89. The number of nitrogens with zero attached hydrogens (tertiary/aromatic N) is 3. The Kier molecular flexibility index (Phi) is 3.62. The number of hydrogen-bond acceptors (Lipinski definition) is 4. The highest BCUT2D eigenvalue weighted by Crippen LogP contribution is 2.06. The van der Waals surface area contributed by atoms with Crippen molar-refractivity contribution < 1.29 is 9.90 Å². The number of nitrogens with one attached hydrogen (secondary N) is 1. The normalized spacial score (nSPS) is 11.3. The summed E-state index contributed by atoms with van der Waals surface area (Å²) in [6.45, 7) is 3.45. The summed E-state index contributed by atoms with van der Waals surface area (Å²) >= 11 is 0. The van der Waals surface area contributed by atoms with Gasteiger partial charge in [0.15, 0.2) is 0 Å². The summed E-state index contributed by atoms with van der Waals surface area (Å²) in [7, 11) is 0. The van der Waals surface area contributed by atoms with Crippen LogP contribution in [0.15, 0.2) is 37.1 Å². The van der Waals surface area contributed by atoms with E-state index in [1.165, 1.54) is 6.20 Å². The van der Waals surface area contributed by atoms with Crippen LogP contribution in [0.2, 0.25) is 0 Å². The lowest BCUT2D eigenvalue weighted by atomic mass is 10.1. The fourth-order valence-electron chi connectivity index (χ4n) is 1.47. The van der Waals surface area contributed by atoms with Crippen molar-refractivity contribution in [3.8, 4) is 5.82 Å². The maximum absolute atomic E-state index is 11.8. The number of carbonyl (C=O) groups excluding carboxylic acids is 1. The Morgan fingerprint density at radius 1 is 1.47 bits per heavy atom. The number of aromatic nitrogens is 3. The van der Waals surface area contributed by atoms with Gasteiger partial charge in [0.2, 0.25) is 0 Å². The fraction of sp³-hybridized carbons (Fsp3) is 0.308. The van der Waals surface area contributed by atoms with Crippen molar-refractivity contribution in [2.45, 2.75) is 19.4 Å². The summed E-state index contributed by atoms with van der Waals surface area (Å²) in [5.74, 6) is 0.434. The van der Waals surface area contributed by atoms with Crippen molar-refractivity contribution >= 4 is 5.91 Å². The first kappa shape index (κ1) is 13.2. The minimum Gasteiger partial charge on any atom is -0.389 e. The van der Waals surface area contributed by atoms with E-state index in [0.29, 0.717) is 11.4 Å². The van der Waals surface area contributed by atoms with Crippen LogP contribution in [-0.2, 0) is 0 Å². The topological polar surface area (TPSA) is 80.0 Å². The van der Waals surface area contributed by atoms with Crippen LogP contribution in [0.25, 0.3) is 5.82 Å². The van der Waals surface area contributed by atoms with Gasteiger partial charge in [-0.05, 0) is 26.0 Å². The molecule has 2 rings (SSSR count). The molecule has 0 atom stereocenters. The molecule has 0 unspecified atom stereocenters. The second-order valence-corrected chi connectivity index (χ2v) is 4.87. The summed E-state index contributed by atoms with van der Waals surface area (Å²) < 4.78 is 1.75. The van der Waals surface area contributed by atoms with Crippen molar-refractivity contribution in [3.05, 3.63) is 42.6 Å². The first-order chi connectivity index (χ1) is 8.96. The summed E-state index contributed by atoms with van der Waals surface area (Å²) in [6.07, 6.45) is 6.56. The average molecular weight is 260 g/mol. The molecular weight excluding hydrogens is 244 g/mol. The Morgan fingerprint density at radius 3 is 2.79 bits per heavy atom. The lowest BCUT2D eigenvalue weighted by Crippen LogP contribution is -2.38. The molecule has 2 heterocycles. The van der Waals surface area contributed by atoms with Gasteiger partial charge in [0.05, 0.1) is 11.2 Å². The van der Waals surface area contributed by atoms with Crippen molar-refractivity contribution in [1.29, 1.82) is 0 Å². The summed E-state index contributed by atoms with van der Waals surface area (Å²) in [5, 5.41) is 12.2. The lowest BCUT2D eigenvalue weighted by molar-refractivity contribution is 0.0694. The van der Waals surface area contributed by atoms with Crippen molar-refractivity contribution in [1.82, 2.24) is 19.9 Å². The van der Waals surface area contributed by atoms with Crippen molar-refractivity contribution in [2.75, 3.05) is 6.54 Å². The highest BCUT2D eigenvalue weighted by atomic mass is 16.3. The smallest absolute Gasteiger partial charge is 0.252 e. The first-order valence-corrected chi connectivity index (χ1v) is 5.91. The largest absolute Gasteiger partial charge is 0.389 e. The van der Waals surface area contributed by atoms with E-state index in [1.54, 1.807) is 49.3 Å².